The Morgan fingerprint density at radius 3 is 2.78 bits per heavy atom. The maximum absolute atomic E-state index is 5.88. The molecule has 0 amide bonds. The van der Waals surface area contributed by atoms with Gasteiger partial charge in [0, 0.05) is 17.9 Å². The lowest BCUT2D eigenvalue weighted by molar-refractivity contribution is 0.0680. The molecular weight excluding hydrogens is 342 g/mol. The summed E-state index contributed by atoms with van der Waals surface area (Å²) in [6.07, 6.45) is 2.38. The van der Waals surface area contributed by atoms with Crippen LogP contribution in [0.3, 0.4) is 0 Å². The number of nitrogen functional groups attached to an aromatic ring is 1. The molecule has 1 aromatic heterocycles. The van der Waals surface area contributed by atoms with Crippen molar-refractivity contribution in [3.63, 3.8) is 0 Å². The summed E-state index contributed by atoms with van der Waals surface area (Å²) in [7, 11) is 0. The fourth-order valence-electron chi connectivity index (χ4n) is 3.02. The Kier molecular flexibility index (Phi) is 5.25. The first-order valence-electron chi connectivity index (χ1n) is 9.14. The van der Waals surface area contributed by atoms with Crippen LogP contribution in [0.15, 0.2) is 54.6 Å². The van der Waals surface area contributed by atoms with Crippen molar-refractivity contribution in [1.29, 1.82) is 0 Å². The van der Waals surface area contributed by atoms with Gasteiger partial charge in [0.2, 0.25) is 0 Å². The molecule has 3 aromatic rings. The minimum Gasteiger partial charge on any atom is -0.491 e. The summed E-state index contributed by atoms with van der Waals surface area (Å²) in [6, 6.07) is 17.2. The first kappa shape index (κ1) is 17.4. The molecule has 0 radical (unpaired) electrons. The van der Waals surface area contributed by atoms with Gasteiger partial charge in [-0.1, -0.05) is 12.1 Å². The van der Waals surface area contributed by atoms with Gasteiger partial charge in [-0.15, -0.1) is 0 Å². The molecule has 6 heteroatoms. The van der Waals surface area contributed by atoms with Gasteiger partial charge < -0.3 is 19.9 Å². The molecule has 140 valence electrons. The molecule has 0 bridgehead atoms. The number of nitrogens with one attached hydrogen (secondary N) is 1. The number of benzene rings is 2. The first-order valence-corrected chi connectivity index (χ1v) is 9.14. The second-order valence-corrected chi connectivity index (χ2v) is 6.61. The molecule has 1 atom stereocenters. The van der Waals surface area contributed by atoms with E-state index in [1.54, 1.807) is 0 Å². The predicted octanol–water partition coefficient (Wildman–Crippen LogP) is 3.80. The Morgan fingerprint density at radius 2 is 1.96 bits per heavy atom. The molecule has 6 nitrogen and oxygen atoms in total. The third-order valence-electron chi connectivity index (χ3n) is 4.50. The SMILES string of the molecule is Nc1ccc(OCc2cc(-c3cccc(OCC4CCCO4)c3)n[nH]2)cc1. The van der Waals surface area contributed by atoms with Gasteiger partial charge in [-0.2, -0.15) is 5.10 Å². The van der Waals surface area contributed by atoms with E-state index in [0.717, 1.165) is 47.9 Å². The summed E-state index contributed by atoms with van der Waals surface area (Å²) in [5, 5.41) is 7.41. The van der Waals surface area contributed by atoms with Crippen LogP contribution in [0.1, 0.15) is 18.5 Å². The highest BCUT2D eigenvalue weighted by molar-refractivity contribution is 5.61. The second-order valence-electron chi connectivity index (χ2n) is 6.61. The van der Waals surface area contributed by atoms with E-state index in [9.17, 15) is 0 Å². The van der Waals surface area contributed by atoms with E-state index in [4.69, 9.17) is 19.9 Å². The molecule has 3 N–H and O–H groups in total. The standard InChI is InChI=1S/C21H23N3O3/c22-16-6-8-18(9-7-16)26-13-17-12-21(24-23-17)15-3-1-4-19(11-15)27-14-20-5-2-10-25-20/h1,3-4,6-9,11-12,20H,2,5,10,13-14,22H2,(H,23,24). The van der Waals surface area contributed by atoms with Gasteiger partial charge in [-0.3, -0.25) is 5.10 Å². The number of hydrogen-bond acceptors (Lipinski definition) is 5. The van der Waals surface area contributed by atoms with Crippen LogP contribution in [-0.2, 0) is 11.3 Å². The molecule has 1 fully saturated rings. The molecule has 2 aromatic carbocycles. The quantitative estimate of drug-likeness (QED) is 0.623. The largest absolute Gasteiger partial charge is 0.491 e. The molecule has 0 saturated carbocycles. The summed E-state index contributed by atoms with van der Waals surface area (Å²) in [4.78, 5) is 0. The van der Waals surface area contributed by atoms with Gasteiger partial charge in [0.05, 0.1) is 17.5 Å². The minimum absolute atomic E-state index is 0.205. The predicted molar refractivity (Wildman–Crippen MR) is 104 cm³/mol. The molecule has 27 heavy (non-hydrogen) atoms. The summed E-state index contributed by atoms with van der Waals surface area (Å²) in [5.74, 6) is 1.59. The zero-order valence-corrected chi connectivity index (χ0v) is 15.1. The maximum Gasteiger partial charge on any atom is 0.130 e. The summed E-state index contributed by atoms with van der Waals surface area (Å²) in [5.41, 5.74) is 9.14. The Balaban J connectivity index is 1.37. The number of aromatic nitrogens is 2. The lowest BCUT2D eigenvalue weighted by Crippen LogP contribution is -2.16. The van der Waals surface area contributed by atoms with Crippen LogP contribution in [0, 0.1) is 0 Å². The lowest BCUT2D eigenvalue weighted by Gasteiger charge is -2.11. The fourth-order valence-corrected chi connectivity index (χ4v) is 3.02. The molecule has 1 aliphatic heterocycles. The Bertz CT molecular complexity index is 870. The highest BCUT2D eigenvalue weighted by Gasteiger charge is 2.16. The highest BCUT2D eigenvalue weighted by Crippen LogP contribution is 2.24. The van der Waals surface area contributed by atoms with Crippen LogP contribution < -0.4 is 15.2 Å². The molecule has 1 unspecified atom stereocenters. The van der Waals surface area contributed by atoms with E-state index in [0.29, 0.717) is 18.9 Å². The molecule has 1 aliphatic rings. The number of H-pyrrole nitrogens is 1. The topological polar surface area (TPSA) is 82.4 Å². The van der Waals surface area contributed by atoms with Gasteiger partial charge in [-0.25, -0.2) is 0 Å². The molecule has 0 spiro atoms. The van der Waals surface area contributed by atoms with Crippen molar-refractivity contribution in [2.24, 2.45) is 0 Å². The zero-order valence-electron chi connectivity index (χ0n) is 15.1. The van der Waals surface area contributed by atoms with E-state index in [1.807, 2.05) is 54.6 Å². The van der Waals surface area contributed by atoms with Crippen LogP contribution in [0.2, 0.25) is 0 Å². The van der Waals surface area contributed by atoms with Gasteiger partial charge >= 0.3 is 0 Å². The van der Waals surface area contributed by atoms with E-state index < -0.39 is 0 Å². The minimum atomic E-state index is 0.205. The van der Waals surface area contributed by atoms with Crippen molar-refractivity contribution in [1.82, 2.24) is 10.2 Å². The van der Waals surface area contributed by atoms with Crippen molar-refractivity contribution < 1.29 is 14.2 Å². The fraction of sp³-hybridized carbons (Fsp3) is 0.286. The van der Waals surface area contributed by atoms with Crippen LogP contribution in [0.25, 0.3) is 11.3 Å². The summed E-state index contributed by atoms with van der Waals surface area (Å²) >= 11 is 0. The second kappa shape index (κ2) is 8.14. The van der Waals surface area contributed by atoms with Gasteiger partial charge in [-0.05, 0) is 55.3 Å². The number of ether oxygens (including phenoxy) is 3. The van der Waals surface area contributed by atoms with Crippen LogP contribution in [0.4, 0.5) is 5.69 Å². The normalized spacial score (nSPS) is 16.4. The van der Waals surface area contributed by atoms with Crippen molar-refractivity contribution in [3.05, 3.63) is 60.3 Å². The van der Waals surface area contributed by atoms with Gasteiger partial charge in [0.1, 0.15) is 24.7 Å². The number of rotatable bonds is 7. The third-order valence-corrected chi connectivity index (χ3v) is 4.50. The summed E-state index contributed by atoms with van der Waals surface area (Å²) in [6.45, 7) is 1.83. The zero-order chi connectivity index (χ0) is 18.5. The molecule has 1 saturated heterocycles. The number of nitrogens with zero attached hydrogens (tertiary/aromatic N) is 1. The van der Waals surface area contributed by atoms with Crippen molar-refractivity contribution in [2.45, 2.75) is 25.6 Å². The smallest absolute Gasteiger partial charge is 0.130 e. The average molecular weight is 365 g/mol. The highest BCUT2D eigenvalue weighted by atomic mass is 16.5. The number of nitrogens with two attached hydrogens (primary N) is 1. The van der Waals surface area contributed by atoms with E-state index in [2.05, 4.69) is 10.2 Å². The lowest BCUT2D eigenvalue weighted by atomic mass is 10.1. The summed E-state index contributed by atoms with van der Waals surface area (Å²) < 4.78 is 17.2. The molecule has 4 rings (SSSR count). The van der Waals surface area contributed by atoms with Crippen LogP contribution >= 0.6 is 0 Å². The molecular formula is C21H23N3O3. The molecule has 0 aliphatic carbocycles. The van der Waals surface area contributed by atoms with E-state index in [1.165, 1.54) is 0 Å². The Labute approximate surface area is 158 Å². The van der Waals surface area contributed by atoms with Gasteiger partial charge in [0.25, 0.3) is 0 Å². The van der Waals surface area contributed by atoms with Crippen molar-refractivity contribution in [3.8, 4) is 22.8 Å². The van der Waals surface area contributed by atoms with Crippen molar-refractivity contribution in [2.75, 3.05) is 18.9 Å². The number of hydrogen-bond donors (Lipinski definition) is 2. The third kappa shape index (κ3) is 4.60. The van der Waals surface area contributed by atoms with E-state index in [-0.39, 0.29) is 6.10 Å². The monoisotopic (exact) mass is 365 g/mol. The average Bonchev–Trinajstić information content (AvgIpc) is 3.38. The number of anilines is 1. The first-order chi connectivity index (χ1) is 13.3. The Hall–Kier alpha value is -2.99. The van der Waals surface area contributed by atoms with E-state index >= 15 is 0 Å². The van der Waals surface area contributed by atoms with Crippen LogP contribution in [-0.4, -0.2) is 29.5 Å². The maximum atomic E-state index is 5.88. The van der Waals surface area contributed by atoms with Gasteiger partial charge in [0.15, 0.2) is 0 Å². The number of aromatic amines is 1. The van der Waals surface area contributed by atoms with Crippen LogP contribution in [0.5, 0.6) is 11.5 Å². The van der Waals surface area contributed by atoms with Crippen molar-refractivity contribution >= 4 is 5.69 Å². The molecule has 2 heterocycles. The Morgan fingerprint density at radius 1 is 1.07 bits per heavy atom.